The molecule has 0 radical (unpaired) electrons. The Balaban J connectivity index is 1.44. The standard InChI is InChI=1S/C33H34N2O6/c1-22-26(13-15-32(38)40-20-24-9-5-3-6-10-24)28(34-30(22)18-36)17-29-27(23(2)31(19-37)35-29)14-16-33(39)41-21-25-11-7-4-8-12-25/h3-12,18-19,34-35H,13-17,20-21H2,1-2H3. The summed E-state index contributed by atoms with van der Waals surface area (Å²) in [6.45, 7) is 4.08. The number of aromatic amines is 2. The number of carbonyl (C=O) groups is 4. The average molecular weight is 555 g/mol. The van der Waals surface area contributed by atoms with Crippen molar-refractivity contribution in [1.82, 2.24) is 9.97 Å². The van der Waals surface area contributed by atoms with Crippen LogP contribution in [0.5, 0.6) is 0 Å². The predicted molar refractivity (Wildman–Crippen MR) is 154 cm³/mol. The molecule has 0 aliphatic rings. The number of ether oxygens (including phenoxy) is 2. The van der Waals surface area contributed by atoms with E-state index in [1.165, 1.54) is 0 Å². The van der Waals surface area contributed by atoms with Gasteiger partial charge in [-0.2, -0.15) is 0 Å². The van der Waals surface area contributed by atoms with Gasteiger partial charge in [-0.05, 0) is 60.1 Å². The molecule has 0 bridgehead atoms. The van der Waals surface area contributed by atoms with Crippen molar-refractivity contribution < 1.29 is 28.7 Å². The Bertz CT molecular complexity index is 1390. The van der Waals surface area contributed by atoms with Crippen LogP contribution in [-0.2, 0) is 51.5 Å². The summed E-state index contributed by atoms with van der Waals surface area (Å²) >= 11 is 0. The first-order valence-corrected chi connectivity index (χ1v) is 13.6. The summed E-state index contributed by atoms with van der Waals surface area (Å²) in [4.78, 5) is 54.8. The van der Waals surface area contributed by atoms with Crippen molar-refractivity contribution in [3.8, 4) is 0 Å². The van der Waals surface area contributed by atoms with E-state index < -0.39 is 0 Å². The second-order valence-electron chi connectivity index (χ2n) is 9.95. The molecule has 4 aromatic rings. The molecule has 2 N–H and O–H groups in total. The number of carbonyl (C=O) groups excluding carboxylic acids is 4. The summed E-state index contributed by atoms with van der Waals surface area (Å²) in [5.74, 6) is -0.663. The highest BCUT2D eigenvalue weighted by molar-refractivity contribution is 5.78. The Kier molecular flexibility index (Phi) is 10.0. The van der Waals surface area contributed by atoms with Crippen LogP contribution in [0.25, 0.3) is 0 Å². The van der Waals surface area contributed by atoms with E-state index in [0.29, 0.717) is 30.7 Å². The topological polar surface area (TPSA) is 118 Å². The molecule has 0 spiro atoms. The monoisotopic (exact) mass is 554 g/mol. The summed E-state index contributed by atoms with van der Waals surface area (Å²) in [5, 5.41) is 0. The molecule has 8 heteroatoms. The minimum Gasteiger partial charge on any atom is -0.461 e. The molecule has 2 aromatic heterocycles. The van der Waals surface area contributed by atoms with Gasteiger partial charge >= 0.3 is 11.9 Å². The van der Waals surface area contributed by atoms with Crippen LogP contribution in [0.1, 0.15) is 78.6 Å². The second-order valence-corrected chi connectivity index (χ2v) is 9.95. The van der Waals surface area contributed by atoms with E-state index in [0.717, 1.165) is 57.3 Å². The van der Waals surface area contributed by atoms with Crippen molar-refractivity contribution in [3.63, 3.8) is 0 Å². The number of aldehydes is 2. The van der Waals surface area contributed by atoms with Gasteiger partial charge in [-0.15, -0.1) is 0 Å². The second kappa shape index (κ2) is 14.1. The lowest BCUT2D eigenvalue weighted by Crippen LogP contribution is -2.08. The Hall–Kier alpha value is -4.72. The van der Waals surface area contributed by atoms with Crippen molar-refractivity contribution >= 4 is 24.5 Å². The third-order valence-corrected chi connectivity index (χ3v) is 7.25. The number of nitrogens with one attached hydrogen (secondary N) is 2. The summed E-state index contributed by atoms with van der Waals surface area (Å²) in [6, 6.07) is 18.9. The molecule has 8 nitrogen and oxygen atoms in total. The molecule has 0 fully saturated rings. The molecule has 0 aliphatic carbocycles. The lowest BCUT2D eigenvalue weighted by atomic mass is 9.98. The molecule has 0 unspecified atom stereocenters. The molecule has 41 heavy (non-hydrogen) atoms. The largest absolute Gasteiger partial charge is 0.461 e. The minimum absolute atomic E-state index is 0.153. The zero-order valence-corrected chi connectivity index (χ0v) is 23.3. The fraction of sp³-hybridized carbons (Fsp3) is 0.273. The van der Waals surface area contributed by atoms with Crippen LogP contribution in [-0.4, -0.2) is 34.5 Å². The zero-order valence-electron chi connectivity index (χ0n) is 23.3. The van der Waals surface area contributed by atoms with Crippen molar-refractivity contribution in [1.29, 1.82) is 0 Å². The average Bonchev–Trinajstić information content (AvgIpc) is 3.47. The Labute approximate surface area is 239 Å². The van der Waals surface area contributed by atoms with Crippen LogP contribution < -0.4 is 0 Å². The van der Waals surface area contributed by atoms with E-state index in [9.17, 15) is 19.2 Å². The number of aromatic nitrogens is 2. The fourth-order valence-corrected chi connectivity index (χ4v) is 4.91. The molecule has 212 valence electrons. The maximum atomic E-state index is 12.5. The third kappa shape index (κ3) is 7.69. The van der Waals surface area contributed by atoms with Gasteiger partial charge in [-0.25, -0.2) is 0 Å². The quantitative estimate of drug-likeness (QED) is 0.156. The molecule has 2 heterocycles. The van der Waals surface area contributed by atoms with E-state index in [-0.39, 0.29) is 38.0 Å². The molecule has 2 aromatic carbocycles. The van der Waals surface area contributed by atoms with Gasteiger partial charge in [-0.3, -0.25) is 19.2 Å². The Morgan fingerprint density at radius 3 is 1.41 bits per heavy atom. The summed E-state index contributed by atoms with van der Waals surface area (Å²) in [7, 11) is 0. The van der Waals surface area contributed by atoms with Crippen molar-refractivity contribution in [2.45, 2.75) is 59.2 Å². The van der Waals surface area contributed by atoms with Crippen LogP contribution >= 0.6 is 0 Å². The van der Waals surface area contributed by atoms with Crippen LogP contribution in [0.2, 0.25) is 0 Å². The lowest BCUT2D eigenvalue weighted by Gasteiger charge is -2.09. The van der Waals surface area contributed by atoms with Gasteiger partial charge in [0.05, 0.1) is 11.4 Å². The maximum Gasteiger partial charge on any atom is 0.306 e. The zero-order chi connectivity index (χ0) is 29.2. The first-order valence-electron chi connectivity index (χ1n) is 13.6. The maximum absolute atomic E-state index is 12.5. The summed E-state index contributed by atoms with van der Waals surface area (Å²) < 4.78 is 10.9. The van der Waals surface area contributed by atoms with Gasteiger partial charge in [0.1, 0.15) is 13.2 Å². The predicted octanol–water partition coefficient (Wildman–Crippen LogP) is 5.53. The van der Waals surface area contributed by atoms with E-state index in [4.69, 9.17) is 9.47 Å². The number of hydrogen-bond donors (Lipinski definition) is 2. The van der Waals surface area contributed by atoms with Crippen molar-refractivity contribution in [2.24, 2.45) is 0 Å². The van der Waals surface area contributed by atoms with Crippen LogP contribution in [0.4, 0.5) is 0 Å². The molecule has 0 amide bonds. The van der Waals surface area contributed by atoms with Gasteiger partial charge in [0.2, 0.25) is 0 Å². The van der Waals surface area contributed by atoms with Gasteiger partial charge in [0.25, 0.3) is 0 Å². The Morgan fingerprint density at radius 1 is 0.659 bits per heavy atom. The van der Waals surface area contributed by atoms with E-state index in [1.54, 1.807) is 0 Å². The number of esters is 2. The van der Waals surface area contributed by atoms with Gasteiger partial charge in [0, 0.05) is 30.7 Å². The molecule has 0 atom stereocenters. The van der Waals surface area contributed by atoms with Gasteiger partial charge in [0.15, 0.2) is 12.6 Å². The minimum atomic E-state index is -0.332. The first-order chi connectivity index (χ1) is 19.9. The summed E-state index contributed by atoms with van der Waals surface area (Å²) in [6.07, 6.45) is 2.97. The number of rotatable bonds is 14. The van der Waals surface area contributed by atoms with Gasteiger partial charge in [-0.1, -0.05) is 60.7 Å². The SMILES string of the molecule is Cc1c(C=O)[nH]c(Cc2[nH]c(C=O)c(C)c2CCC(=O)OCc2ccccc2)c1CCC(=O)OCc1ccccc1. The van der Waals surface area contributed by atoms with E-state index in [1.807, 2.05) is 74.5 Å². The smallest absolute Gasteiger partial charge is 0.306 e. The van der Waals surface area contributed by atoms with E-state index in [2.05, 4.69) is 9.97 Å². The van der Waals surface area contributed by atoms with E-state index >= 15 is 0 Å². The molecular weight excluding hydrogens is 520 g/mol. The highest BCUT2D eigenvalue weighted by Crippen LogP contribution is 2.26. The van der Waals surface area contributed by atoms with Crippen molar-refractivity contribution in [3.05, 3.63) is 117 Å². The number of benzene rings is 2. The highest BCUT2D eigenvalue weighted by atomic mass is 16.5. The van der Waals surface area contributed by atoms with Crippen LogP contribution in [0.15, 0.2) is 60.7 Å². The summed E-state index contributed by atoms with van der Waals surface area (Å²) in [5.41, 5.74) is 7.51. The molecule has 4 rings (SSSR count). The molecule has 0 saturated carbocycles. The molecule has 0 aliphatic heterocycles. The normalized spacial score (nSPS) is 10.8. The van der Waals surface area contributed by atoms with Crippen LogP contribution in [0.3, 0.4) is 0 Å². The van der Waals surface area contributed by atoms with Crippen LogP contribution in [0, 0.1) is 13.8 Å². The fourth-order valence-electron chi connectivity index (χ4n) is 4.91. The highest BCUT2D eigenvalue weighted by Gasteiger charge is 2.21. The number of hydrogen-bond acceptors (Lipinski definition) is 6. The molecular formula is C33H34N2O6. The third-order valence-electron chi connectivity index (χ3n) is 7.25. The first kappa shape index (κ1) is 29.3. The number of H-pyrrole nitrogens is 2. The van der Waals surface area contributed by atoms with Crippen molar-refractivity contribution in [2.75, 3.05) is 0 Å². The lowest BCUT2D eigenvalue weighted by molar-refractivity contribution is -0.145. The molecule has 0 saturated heterocycles. The Morgan fingerprint density at radius 2 is 1.05 bits per heavy atom. The van der Waals surface area contributed by atoms with Gasteiger partial charge < -0.3 is 19.4 Å².